The Morgan fingerprint density at radius 1 is 1.35 bits per heavy atom. The van der Waals surface area contributed by atoms with Crippen LogP contribution >= 0.6 is 0 Å². The van der Waals surface area contributed by atoms with E-state index in [2.05, 4.69) is 9.15 Å². The van der Waals surface area contributed by atoms with Gasteiger partial charge in [0.25, 0.3) is 0 Å². The standard InChI is InChI=1S/C10H14O7/c1-2-3-6(12)16-4-5(11)9-7(13)8(14)10(15)17-9/h5,11,13-15H,2-4H2,1H3/t5-/m0/s1. The largest absolute Gasteiger partial charge is 0.502 e. The molecule has 0 fully saturated rings. The van der Waals surface area contributed by atoms with E-state index in [0.29, 0.717) is 6.42 Å². The lowest BCUT2D eigenvalue weighted by atomic mass is 10.2. The topological polar surface area (TPSA) is 120 Å². The average molecular weight is 246 g/mol. The number of carbonyl (C=O) groups is 1. The predicted octanol–water partition coefficient (Wildman–Crippen LogP) is 0.773. The first-order valence-electron chi connectivity index (χ1n) is 5.04. The van der Waals surface area contributed by atoms with Gasteiger partial charge in [-0.1, -0.05) is 6.92 Å². The molecule has 0 aliphatic rings. The lowest BCUT2D eigenvalue weighted by molar-refractivity contribution is -0.147. The van der Waals surface area contributed by atoms with Crippen molar-refractivity contribution in [3.63, 3.8) is 0 Å². The van der Waals surface area contributed by atoms with Crippen LogP contribution in [0, 0.1) is 0 Å². The van der Waals surface area contributed by atoms with E-state index in [4.69, 9.17) is 10.2 Å². The molecule has 0 radical (unpaired) electrons. The highest BCUT2D eigenvalue weighted by molar-refractivity contribution is 5.69. The number of hydrogen-bond donors (Lipinski definition) is 4. The zero-order chi connectivity index (χ0) is 13.0. The Morgan fingerprint density at radius 2 is 2.00 bits per heavy atom. The maximum absolute atomic E-state index is 11.0. The van der Waals surface area contributed by atoms with Crippen molar-refractivity contribution in [2.75, 3.05) is 6.61 Å². The number of aliphatic hydroxyl groups is 1. The Morgan fingerprint density at radius 3 is 2.47 bits per heavy atom. The van der Waals surface area contributed by atoms with Crippen LogP contribution in [0.15, 0.2) is 4.42 Å². The van der Waals surface area contributed by atoms with E-state index < -0.39 is 41.9 Å². The van der Waals surface area contributed by atoms with Gasteiger partial charge in [-0.15, -0.1) is 0 Å². The fourth-order valence-electron chi connectivity index (χ4n) is 1.17. The Kier molecular flexibility index (Phi) is 4.22. The summed E-state index contributed by atoms with van der Waals surface area (Å²) in [4.78, 5) is 11.0. The molecule has 0 amide bonds. The molecule has 7 heteroatoms. The summed E-state index contributed by atoms with van der Waals surface area (Å²) in [5.41, 5.74) is 0. The van der Waals surface area contributed by atoms with Crippen LogP contribution in [0.1, 0.15) is 31.6 Å². The van der Waals surface area contributed by atoms with Gasteiger partial charge in [-0.3, -0.25) is 4.79 Å². The van der Waals surface area contributed by atoms with E-state index >= 15 is 0 Å². The summed E-state index contributed by atoms with van der Waals surface area (Å²) in [6.45, 7) is 1.37. The molecule has 4 N–H and O–H groups in total. The molecule has 0 spiro atoms. The van der Waals surface area contributed by atoms with Crippen molar-refractivity contribution < 1.29 is 34.4 Å². The van der Waals surface area contributed by atoms with Crippen molar-refractivity contribution >= 4 is 5.97 Å². The molecule has 1 heterocycles. The molecule has 0 saturated heterocycles. The van der Waals surface area contributed by atoms with Crippen LogP contribution in [-0.4, -0.2) is 33.0 Å². The summed E-state index contributed by atoms with van der Waals surface area (Å²) < 4.78 is 9.19. The molecule has 7 nitrogen and oxygen atoms in total. The Labute approximate surface area is 96.9 Å². The average Bonchev–Trinajstić information content (AvgIpc) is 2.54. The van der Waals surface area contributed by atoms with Crippen LogP contribution in [0.2, 0.25) is 0 Å². The minimum absolute atomic E-state index is 0.216. The van der Waals surface area contributed by atoms with Gasteiger partial charge in [-0.25, -0.2) is 0 Å². The fourth-order valence-corrected chi connectivity index (χ4v) is 1.17. The van der Waals surface area contributed by atoms with Crippen molar-refractivity contribution in [3.8, 4) is 17.4 Å². The summed E-state index contributed by atoms with van der Waals surface area (Å²) in [6, 6.07) is 0. The van der Waals surface area contributed by atoms with Crippen molar-refractivity contribution in [3.05, 3.63) is 5.76 Å². The van der Waals surface area contributed by atoms with Gasteiger partial charge < -0.3 is 29.6 Å². The third-order valence-electron chi connectivity index (χ3n) is 2.03. The second kappa shape index (κ2) is 5.44. The highest BCUT2D eigenvalue weighted by Crippen LogP contribution is 2.43. The Bertz CT molecular complexity index is 396. The third-order valence-corrected chi connectivity index (χ3v) is 2.03. The summed E-state index contributed by atoms with van der Waals surface area (Å²) in [7, 11) is 0. The van der Waals surface area contributed by atoms with E-state index in [1.165, 1.54) is 0 Å². The molecule has 0 aromatic carbocycles. The van der Waals surface area contributed by atoms with Gasteiger partial charge >= 0.3 is 11.9 Å². The molecule has 17 heavy (non-hydrogen) atoms. The summed E-state index contributed by atoms with van der Waals surface area (Å²) in [5, 5.41) is 36.7. The van der Waals surface area contributed by atoms with E-state index in [-0.39, 0.29) is 6.42 Å². The van der Waals surface area contributed by atoms with E-state index in [9.17, 15) is 15.0 Å². The maximum atomic E-state index is 11.0. The number of furan rings is 1. The molecule has 0 saturated carbocycles. The monoisotopic (exact) mass is 246 g/mol. The van der Waals surface area contributed by atoms with Crippen molar-refractivity contribution in [1.29, 1.82) is 0 Å². The first-order chi connectivity index (χ1) is 7.97. The highest BCUT2D eigenvalue weighted by atomic mass is 16.5. The van der Waals surface area contributed by atoms with Gasteiger partial charge in [0.2, 0.25) is 11.5 Å². The number of hydrogen-bond acceptors (Lipinski definition) is 7. The van der Waals surface area contributed by atoms with Crippen LogP contribution < -0.4 is 0 Å². The SMILES string of the molecule is CCCC(=O)OC[C@H](O)c1oc(O)c(O)c1O. The number of aromatic hydroxyl groups is 3. The lowest BCUT2D eigenvalue weighted by Crippen LogP contribution is -2.11. The van der Waals surface area contributed by atoms with E-state index in [1.54, 1.807) is 6.92 Å². The van der Waals surface area contributed by atoms with Gasteiger partial charge in [0, 0.05) is 6.42 Å². The normalized spacial score (nSPS) is 12.4. The molecule has 0 aliphatic heterocycles. The summed E-state index contributed by atoms with van der Waals surface area (Å²) >= 11 is 0. The van der Waals surface area contributed by atoms with E-state index in [1.807, 2.05) is 0 Å². The van der Waals surface area contributed by atoms with E-state index in [0.717, 1.165) is 0 Å². The molecular weight excluding hydrogens is 232 g/mol. The lowest BCUT2D eigenvalue weighted by Gasteiger charge is -2.08. The number of ether oxygens (including phenoxy) is 1. The van der Waals surface area contributed by atoms with Gasteiger partial charge in [0.15, 0.2) is 5.76 Å². The summed E-state index contributed by atoms with van der Waals surface area (Å²) in [5.74, 6) is -3.49. The Hall–Kier alpha value is -1.89. The van der Waals surface area contributed by atoms with Gasteiger partial charge in [0.05, 0.1) is 0 Å². The smallest absolute Gasteiger partial charge is 0.330 e. The number of carbonyl (C=O) groups excluding carboxylic acids is 1. The maximum Gasteiger partial charge on any atom is 0.330 e. The van der Waals surface area contributed by atoms with Gasteiger partial charge in [-0.05, 0) is 6.42 Å². The molecule has 1 aromatic heterocycles. The Balaban J connectivity index is 2.61. The zero-order valence-electron chi connectivity index (χ0n) is 9.21. The van der Waals surface area contributed by atoms with Gasteiger partial charge in [-0.2, -0.15) is 0 Å². The molecular formula is C10H14O7. The molecule has 1 aromatic rings. The summed E-state index contributed by atoms with van der Waals surface area (Å²) in [6.07, 6.45) is -0.627. The first kappa shape index (κ1) is 13.2. The molecule has 1 rings (SSSR count). The minimum Gasteiger partial charge on any atom is -0.502 e. The van der Waals surface area contributed by atoms with Crippen molar-refractivity contribution in [2.45, 2.75) is 25.9 Å². The second-order valence-electron chi connectivity index (χ2n) is 3.42. The second-order valence-corrected chi connectivity index (χ2v) is 3.42. The zero-order valence-corrected chi connectivity index (χ0v) is 9.21. The fraction of sp³-hybridized carbons (Fsp3) is 0.500. The first-order valence-corrected chi connectivity index (χ1v) is 5.04. The minimum atomic E-state index is -1.46. The number of esters is 1. The quantitative estimate of drug-likeness (QED) is 0.566. The molecule has 1 atom stereocenters. The van der Waals surface area contributed by atoms with Crippen LogP contribution in [0.25, 0.3) is 0 Å². The van der Waals surface area contributed by atoms with Crippen molar-refractivity contribution in [2.24, 2.45) is 0 Å². The number of aliphatic hydroxyl groups excluding tert-OH is 1. The molecule has 0 unspecified atom stereocenters. The van der Waals surface area contributed by atoms with Crippen LogP contribution in [0.5, 0.6) is 17.4 Å². The van der Waals surface area contributed by atoms with Crippen LogP contribution in [0.3, 0.4) is 0 Å². The number of rotatable bonds is 5. The molecule has 96 valence electrons. The highest BCUT2D eigenvalue weighted by Gasteiger charge is 2.25. The third kappa shape index (κ3) is 3.04. The predicted molar refractivity (Wildman–Crippen MR) is 54.5 cm³/mol. The molecule has 0 bridgehead atoms. The van der Waals surface area contributed by atoms with Crippen LogP contribution in [-0.2, 0) is 9.53 Å². The van der Waals surface area contributed by atoms with Crippen molar-refractivity contribution in [1.82, 2.24) is 0 Å². The molecule has 0 aliphatic carbocycles. The van der Waals surface area contributed by atoms with Crippen LogP contribution in [0.4, 0.5) is 0 Å². The van der Waals surface area contributed by atoms with Gasteiger partial charge in [0.1, 0.15) is 12.7 Å².